The number of hydrogen-bond acceptors (Lipinski definition) is 4. The predicted molar refractivity (Wildman–Crippen MR) is 67.1 cm³/mol. The van der Waals surface area contributed by atoms with Gasteiger partial charge in [-0.15, -0.1) is 0 Å². The Morgan fingerprint density at radius 1 is 1.53 bits per heavy atom. The van der Waals surface area contributed by atoms with Gasteiger partial charge >= 0.3 is 5.69 Å². The van der Waals surface area contributed by atoms with Gasteiger partial charge in [0.25, 0.3) is 0 Å². The minimum absolute atomic E-state index is 0.00704. The highest BCUT2D eigenvalue weighted by molar-refractivity contribution is 5.69. The van der Waals surface area contributed by atoms with Crippen LogP contribution in [0.25, 0.3) is 11.1 Å². The smallest absolute Gasteiger partial charge is 0.355 e. The number of quaternary nitrogens is 1. The van der Waals surface area contributed by atoms with E-state index in [2.05, 4.69) is 22.2 Å². The monoisotopic (exact) mass is 262 g/mol. The zero-order valence-corrected chi connectivity index (χ0v) is 10.00. The number of nitroso groups, excluding NO2 is 1. The van der Waals surface area contributed by atoms with E-state index < -0.39 is 0 Å². The Bertz CT molecular complexity index is 608. The normalized spacial score (nSPS) is 10.2. The molecule has 0 unspecified atom stereocenters. The fraction of sp³-hybridized carbons (Fsp3) is 0. The van der Waals surface area contributed by atoms with Gasteiger partial charge in [-0.2, -0.15) is 10.6 Å². The molecule has 2 aromatic rings. The van der Waals surface area contributed by atoms with Gasteiger partial charge < -0.3 is 5.73 Å². The fourth-order valence-electron chi connectivity index (χ4n) is 1.61. The lowest BCUT2D eigenvalue weighted by atomic mass is 10.1. The highest BCUT2D eigenvalue weighted by Crippen LogP contribution is 2.27. The Kier molecular flexibility index (Phi) is 3.55. The highest BCUT2D eigenvalue weighted by Gasteiger charge is 2.24. The number of aromatic nitrogens is 2. The number of hydrazine groups is 1. The van der Waals surface area contributed by atoms with Crippen molar-refractivity contribution < 1.29 is 15.6 Å². The maximum Gasteiger partial charge on any atom is 0.355 e. The van der Waals surface area contributed by atoms with Gasteiger partial charge in [-0.1, -0.05) is 12.0 Å². The zero-order valence-electron chi connectivity index (χ0n) is 10.00. The average Bonchev–Trinajstić information content (AvgIpc) is 2.91. The molecular weight excluding hydrogens is 248 g/mol. The van der Waals surface area contributed by atoms with Gasteiger partial charge in [0, 0.05) is 23.9 Å². The largest absolute Gasteiger partial charge is 0.381 e. The number of nitrogens with one attached hydrogen (secondary N) is 2. The summed E-state index contributed by atoms with van der Waals surface area (Å²) in [6.45, 7) is 3.39. The van der Waals surface area contributed by atoms with E-state index in [1.165, 1.54) is 0 Å². The van der Waals surface area contributed by atoms with E-state index in [0.29, 0.717) is 10.6 Å². The van der Waals surface area contributed by atoms with Crippen molar-refractivity contribution in [1.29, 1.82) is 0 Å². The summed E-state index contributed by atoms with van der Waals surface area (Å²) in [4.78, 5) is 12.3. The van der Waals surface area contributed by atoms with E-state index in [1.807, 2.05) is 0 Å². The van der Waals surface area contributed by atoms with Gasteiger partial charge in [0.05, 0.1) is 11.1 Å². The average molecular weight is 262 g/mol. The van der Waals surface area contributed by atoms with Crippen LogP contribution < -0.4 is 16.6 Å². The molecule has 0 spiro atoms. The lowest BCUT2D eigenvalue weighted by molar-refractivity contribution is -0.827. The third-order valence-electron chi connectivity index (χ3n) is 2.47. The van der Waals surface area contributed by atoms with Crippen molar-refractivity contribution in [3.8, 4) is 11.1 Å². The van der Waals surface area contributed by atoms with E-state index in [9.17, 15) is 4.91 Å². The first-order valence-corrected chi connectivity index (χ1v) is 5.40. The van der Waals surface area contributed by atoms with E-state index in [1.54, 1.807) is 30.6 Å². The second kappa shape index (κ2) is 5.29. The van der Waals surface area contributed by atoms with E-state index in [4.69, 9.17) is 10.9 Å². The first kappa shape index (κ1) is 12.7. The molecule has 8 nitrogen and oxygen atoms in total. The van der Waals surface area contributed by atoms with Gasteiger partial charge in [0.15, 0.2) is 10.7 Å². The molecule has 0 amide bonds. The van der Waals surface area contributed by atoms with Crippen molar-refractivity contribution >= 4 is 11.4 Å². The van der Waals surface area contributed by atoms with Crippen LogP contribution in [0.5, 0.6) is 0 Å². The number of H-pyrrole nitrogens is 1. The van der Waals surface area contributed by atoms with Crippen LogP contribution in [-0.4, -0.2) is 20.3 Å². The quantitative estimate of drug-likeness (QED) is 0.295. The Morgan fingerprint density at radius 2 is 2.32 bits per heavy atom. The molecule has 8 heteroatoms. The summed E-state index contributed by atoms with van der Waals surface area (Å²) in [7, 11) is 0. The number of hydrogen-bond donors (Lipinski definition) is 5. The number of nitrogens with two attached hydrogens (primary N) is 2. The predicted octanol–water partition coefficient (Wildman–Crippen LogP) is 0.00570. The molecule has 0 atom stereocenters. The topological polar surface area (TPSA) is 124 Å². The number of benzene rings is 1. The molecule has 0 saturated carbocycles. The fourth-order valence-corrected chi connectivity index (χ4v) is 1.61. The summed E-state index contributed by atoms with van der Waals surface area (Å²) >= 11 is 0. The molecule has 98 valence electrons. The van der Waals surface area contributed by atoms with Crippen molar-refractivity contribution in [2.45, 2.75) is 0 Å². The Hall–Kier alpha value is -2.71. The summed E-state index contributed by atoms with van der Waals surface area (Å²) in [5, 5.41) is 15.7. The van der Waals surface area contributed by atoms with Gasteiger partial charge in [-0.25, -0.2) is 5.21 Å². The van der Waals surface area contributed by atoms with Crippen LogP contribution in [0.4, 0.5) is 11.4 Å². The van der Waals surface area contributed by atoms with Crippen molar-refractivity contribution in [3.63, 3.8) is 0 Å². The van der Waals surface area contributed by atoms with E-state index in [0.717, 1.165) is 16.6 Å². The molecule has 2 rings (SSSR count). The summed E-state index contributed by atoms with van der Waals surface area (Å²) in [6.07, 6.45) is 3.33. The van der Waals surface area contributed by atoms with Crippen LogP contribution in [-0.2, 0) is 0 Å². The number of rotatable bonds is 5. The van der Waals surface area contributed by atoms with E-state index >= 15 is 0 Å². The van der Waals surface area contributed by atoms with Crippen molar-refractivity contribution in [1.82, 2.24) is 15.6 Å². The van der Waals surface area contributed by atoms with Gasteiger partial charge in [0.2, 0.25) is 5.69 Å². The summed E-state index contributed by atoms with van der Waals surface area (Å²) < 4.78 is 0. The Labute approximate surface area is 108 Å². The van der Waals surface area contributed by atoms with Crippen LogP contribution in [0, 0.1) is 4.91 Å². The molecule has 0 aliphatic rings. The third kappa shape index (κ3) is 2.76. The SMILES string of the molecule is C=C(N)N[N+](=O)c1cc(-c2cn[nH]c2)ccc1[NH2+]O. The maximum atomic E-state index is 11.9. The van der Waals surface area contributed by atoms with E-state index in [-0.39, 0.29) is 11.5 Å². The molecule has 0 radical (unpaired) electrons. The van der Waals surface area contributed by atoms with Crippen LogP contribution in [0.15, 0.2) is 43.0 Å². The molecule has 19 heavy (non-hydrogen) atoms. The molecule has 1 heterocycles. The van der Waals surface area contributed by atoms with Crippen LogP contribution >= 0.6 is 0 Å². The zero-order chi connectivity index (χ0) is 13.8. The summed E-state index contributed by atoms with van der Waals surface area (Å²) in [5.41, 5.74) is 10.7. The number of nitrogens with zero attached hydrogens (tertiary/aromatic N) is 2. The lowest BCUT2D eigenvalue weighted by Crippen LogP contribution is -2.74. The van der Waals surface area contributed by atoms with Crippen LogP contribution in [0.2, 0.25) is 0 Å². The Balaban J connectivity index is 2.42. The molecular formula is C11H14N6O2+2. The first-order chi connectivity index (χ1) is 9.11. The molecule has 0 saturated heterocycles. The minimum atomic E-state index is 0.00704. The lowest BCUT2D eigenvalue weighted by Gasteiger charge is -2.00. The second-order valence-electron chi connectivity index (χ2n) is 3.82. The first-order valence-electron chi connectivity index (χ1n) is 5.40. The molecule has 1 aromatic heterocycles. The number of aromatic amines is 1. The summed E-state index contributed by atoms with van der Waals surface area (Å²) in [5.74, 6) is 0.00704. The maximum absolute atomic E-state index is 11.9. The van der Waals surface area contributed by atoms with Gasteiger partial charge in [-0.05, 0) is 11.6 Å². The van der Waals surface area contributed by atoms with Crippen molar-refractivity contribution in [2.24, 2.45) is 5.73 Å². The second-order valence-corrected chi connectivity index (χ2v) is 3.82. The Morgan fingerprint density at radius 3 is 2.89 bits per heavy atom. The van der Waals surface area contributed by atoms with Gasteiger partial charge in [-0.3, -0.25) is 5.10 Å². The van der Waals surface area contributed by atoms with Crippen molar-refractivity contribution in [3.05, 3.63) is 47.9 Å². The summed E-state index contributed by atoms with van der Waals surface area (Å²) in [6, 6.07) is 4.99. The minimum Gasteiger partial charge on any atom is -0.381 e. The van der Waals surface area contributed by atoms with Gasteiger partial charge in [0.1, 0.15) is 0 Å². The standard InChI is InChI=1S/C11H13N6O2/c1-7(12)15-17(19)11-4-8(2-3-10(11)16-18)9-5-13-14-6-9/h2-6,16,18H,1,12H2,(H,13,14)(H,15,19)/q+1/p+1. The molecule has 0 bridgehead atoms. The molecule has 0 aliphatic carbocycles. The highest BCUT2D eigenvalue weighted by atomic mass is 16.5. The molecule has 7 N–H and O–H groups in total. The van der Waals surface area contributed by atoms with Crippen LogP contribution in [0.1, 0.15) is 0 Å². The van der Waals surface area contributed by atoms with Crippen molar-refractivity contribution in [2.75, 3.05) is 0 Å². The van der Waals surface area contributed by atoms with Crippen LogP contribution in [0.3, 0.4) is 0 Å². The molecule has 0 fully saturated rings. The molecule has 1 aromatic carbocycles. The third-order valence-corrected chi connectivity index (χ3v) is 2.47. The molecule has 0 aliphatic heterocycles.